The van der Waals surface area contributed by atoms with Crippen molar-refractivity contribution in [3.63, 3.8) is 0 Å². The number of aromatic nitrogens is 3. The number of carbonyl (C=O) groups excluding carboxylic acids is 1. The van der Waals surface area contributed by atoms with Crippen LogP contribution in [-0.4, -0.2) is 49.8 Å². The van der Waals surface area contributed by atoms with E-state index in [4.69, 9.17) is 32.7 Å². The van der Waals surface area contributed by atoms with Crippen LogP contribution in [-0.2, 0) is 19.1 Å². The molecule has 2 atom stereocenters. The molecule has 0 fully saturated rings. The average Bonchev–Trinajstić information content (AvgIpc) is 3.48. The molecule has 0 spiro atoms. The second-order valence-corrected chi connectivity index (χ2v) is 12.4. The van der Waals surface area contributed by atoms with Gasteiger partial charge in [0.2, 0.25) is 5.95 Å². The second-order valence-electron chi connectivity index (χ2n) is 11.6. The molecule has 5 aromatic rings. The number of anilines is 2. The molecule has 2 amide bonds. The maximum Gasteiger partial charge on any atom is 0.416 e. The first-order valence-electron chi connectivity index (χ1n) is 14.8. The van der Waals surface area contributed by atoms with Crippen LogP contribution in [0.4, 0.5) is 29.7 Å². The number of nitrogens with one attached hydrogen (secondary N) is 1. The highest BCUT2D eigenvalue weighted by atomic mass is 35.5. The Labute approximate surface area is 286 Å². The quantitative estimate of drug-likeness (QED) is 0.184. The summed E-state index contributed by atoms with van der Waals surface area (Å²) >= 11 is 12.2. The van der Waals surface area contributed by atoms with Crippen LogP contribution >= 0.6 is 23.2 Å². The number of nitrogens with zero attached hydrogens (tertiary/aromatic N) is 5. The largest absolute Gasteiger partial charge is 0.465 e. The Morgan fingerprint density at radius 3 is 2.45 bits per heavy atom. The monoisotopic (exact) mass is 714 g/mol. The Kier molecular flexibility index (Phi) is 8.80. The fourth-order valence-electron chi connectivity index (χ4n) is 5.68. The molecule has 6 rings (SSSR count). The number of amides is 2. The van der Waals surface area contributed by atoms with Crippen LogP contribution in [0.5, 0.6) is 0 Å². The Bertz CT molecular complexity index is 2170. The Morgan fingerprint density at radius 1 is 1.08 bits per heavy atom. The summed E-state index contributed by atoms with van der Waals surface area (Å²) in [6.07, 6.45) is -5.59. The van der Waals surface area contributed by atoms with Crippen molar-refractivity contribution in [2.24, 2.45) is 0 Å². The molecule has 2 N–H and O–H groups in total. The lowest BCUT2D eigenvalue weighted by molar-refractivity contribution is -0.137. The lowest BCUT2D eigenvalue weighted by atomic mass is 9.98. The molecule has 0 unspecified atom stereocenters. The molecule has 49 heavy (non-hydrogen) atoms. The molecular formula is C33H27Cl2F3N6O5. The fraction of sp³-hybridized carbons (Fsp3) is 0.242. The minimum absolute atomic E-state index is 0.0129. The van der Waals surface area contributed by atoms with Gasteiger partial charge in [0.25, 0.3) is 11.5 Å². The number of halogens is 5. The topological polar surface area (TPSA) is 134 Å². The first kappa shape index (κ1) is 33.8. The number of benzene rings is 3. The average molecular weight is 716 g/mol. The Balaban J connectivity index is 1.44. The van der Waals surface area contributed by atoms with E-state index in [1.807, 2.05) is 6.92 Å². The first-order chi connectivity index (χ1) is 23.1. The molecule has 1 aliphatic rings. The molecule has 0 saturated heterocycles. The molecule has 3 aromatic carbocycles. The van der Waals surface area contributed by atoms with E-state index in [9.17, 15) is 32.7 Å². The molecular weight excluding hydrogens is 688 g/mol. The summed E-state index contributed by atoms with van der Waals surface area (Å²) in [5, 5.41) is 17.3. The lowest BCUT2D eigenvalue weighted by Crippen LogP contribution is -2.46. The van der Waals surface area contributed by atoms with Crippen LogP contribution in [0.1, 0.15) is 52.6 Å². The zero-order chi connectivity index (χ0) is 35.4. The molecule has 3 heterocycles. The summed E-state index contributed by atoms with van der Waals surface area (Å²) in [6, 6.07) is 12.8. The van der Waals surface area contributed by atoms with Crippen molar-refractivity contribution in [2.75, 3.05) is 17.3 Å². The van der Waals surface area contributed by atoms with Gasteiger partial charge in [-0.05, 0) is 68.3 Å². The van der Waals surface area contributed by atoms with Gasteiger partial charge >= 0.3 is 12.3 Å². The van der Waals surface area contributed by atoms with E-state index in [2.05, 4.69) is 10.5 Å². The van der Waals surface area contributed by atoms with Crippen molar-refractivity contribution < 1.29 is 32.4 Å². The molecule has 0 saturated carbocycles. The number of rotatable bonds is 6. The van der Waals surface area contributed by atoms with Crippen molar-refractivity contribution in [3.05, 3.63) is 109 Å². The normalized spacial score (nSPS) is 15.2. The Morgan fingerprint density at radius 2 is 1.80 bits per heavy atom. The number of hydrogen-bond acceptors (Lipinski definition) is 7. The summed E-state index contributed by atoms with van der Waals surface area (Å²) in [7, 11) is 1.31. The van der Waals surface area contributed by atoms with Crippen LogP contribution < -0.4 is 15.8 Å². The van der Waals surface area contributed by atoms with E-state index in [0.717, 1.165) is 17.0 Å². The summed E-state index contributed by atoms with van der Waals surface area (Å²) in [6.45, 7) is 3.50. The second kappa shape index (κ2) is 12.7. The van der Waals surface area contributed by atoms with Crippen molar-refractivity contribution in [2.45, 2.75) is 45.1 Å². The summed E-state index contributed by atoms with van der Waals surface area (Å²) in [5.41, 5.74) is 0.743. The van der Waals surface area contributed by atoms with E-state index >= 15 is 0 Å². The fourth-order valence-corrected chi connectivity index (χ4v) is 5.98. The van der Waals surface area contributed by atoms with Gasteiger partial charge in [0.15, 0.2) is 11.4 Å². The summed E-state index contributed by atoms with van der Waals surface area (Å²) in [5.74, 6) is -0.234. The van der Waals surface area contributed by atoms with Gasteiger partial charge in [-0.25, -0.2) is 14.3 Å². The van der Waals surface area contributed by atoms with Crippen LogP contribution in [0.25, 0.3) is 16.7 Å². The maximum atomic E-state index is 14.3. The zero-order valence-corrected chi connectivity index (χ0v) is 27.6. The van der Waals surface area contributed by atoms with Crippen LogP contribution in [0.3, 0.4) is 0 Å². The molecule has 1 aliphatic heterocycles. The third-order valence-corrected chi connectivity index (χ3v) is 9.16. The summed E-state index contributed by atoms with van der Waals surface area (Å²) < 4.78 is 46.4. The SMILES string of the molecule is C[C@H](Nc1nc2c(c(=O)n1-c1ccc3c(N(C)C(=O)O)noc3c1)C[C@@H](C)N(C(=O)c1ccc(Cl)c(Cl)c1)C2)c1ccc(C(F)(F)F)cc1. The van der Waals surface area contributed by atoms with Crippen molar-refractivity contribution >= 4 is 57.9 Å². The minimum atomic E-state index is -4.51. The van der Waals surface area contributed by atoms with Crippen LogP contribution in [0, 0.1) is 0 Å². The van der Waals surface area contributed by atoms with E-state index < -0.39 is 35.5 Å². The molecule has 2 aromatic heterocycles. The Hall–Kier alpha value is -5.08. The highest BCUT2D eigenvalue weighted by molar-refractivity contribution is 6.42. The van der Waals surface area contributed by atoms with E-state index in [1.165, 1.54) is 41.9 Å². The molecule has 16 heteroatoms. The van der Waals surface area contributed by atoms with Crippen LogP contribution in [0.2, 0.25) is 10.0 Å². The highest BCUT2D eigenvalue weighted by Gasteiger charge is 2.33. The van der Waals surface area contributed by atoms with Gasteiger partial charge in [0.05, 0.1) is 45.0 Å². The number of hydrogen-bond donors (Lipinski definition) is 2. The smallest absolute Gasteiger partial charge is 0.416 e. The number of fused-ring (bicyclic) bond motifs is 2. The number of alkyl halides is 3. The highest BCUT2D eigenvalue weighted by Crippen LogP contribution is 2.33. The van der Waals surface area contributed by atoms with Crippen molar-refractivity contribution in [1.29, 1.82) is 0 Å². The zero-order valence-electron chi connectivity index (χ0n) is 26.0. The van der Waals surface area contributed by atoms with Gasteiger partial charge in [-0.1, -0.05) is 40.5 Å². The molecule has 254 valence electrons. The van der Waals surface area contributed by atoms with E-state index in [-0.39, 0.29) is 41.2 Å². The maximum absolute atomic E-state index is 14.3. The van der Waals surface area contributed by atoms with Gasteiger partial charge in [-0.2, -0.15) is 13.2 Å². The molecule has 11 nitrogen and oxygen atoms in total. The molecule has 0 aliphatic carbocycles. The van der Waals surface area contributed by atoms with Gasteiger partial charge < -0.3 is 19.8 Å². The van der Waals surface area contributed by atoms with Gasteiger partial charge in [0, 0.05) is 30.3 Å². The minimum Gasteiger partial charge on any atom is -0.465 e. The van der Waals surface area contributed by atoms with Crippen molar-refractivity contribution in [1.82, 2.24) is 19.6 Å². The predicted molar refractivity (Wildman–Crippen MR) is 177 cm³/mol. The van der Waals surface area contributed by atoms with E-state index in [0.29, 0.717) is 38.5 Å². The van der Waals surface area contributed by atoms with Gasteiger partial charge in [-0.3, -0.25) is 14.5 Å². The molecule has 0 bridgehead atoms. The number of carboxylic acid groups (broad SMARTS) is 1. The molecule has 0 radical (unpaired) electrons. The summed E-state index contributed by atoms with van der Waals surface area (Å²) in [4.78, 5) is 46.7. The van der Waals surface area contributed by atoms with Gasteiger partial charge in [-0.15, -0.1) is 0 Å². The lowest BCUT2D eigenvalue weighted by Gasteiger charge is -2.35. The number of carbonyl (C=O) groups is 2. The van der Waals surface area contributed by atoms with Crippen LogP contribution in [0.15, 0.2) is 70.0 Å². The first-order valence-corrected chi connectivity index (χ1v) is 15.6. The third-order valence-electron chi connectivity index (χ3n) is 8.42. The standard InChI is InChI=1S/C33H27Cl2F3N6O5/c1-16-12-23-26(15-43(16)29(45)19-6-11-24(34)25(35)13-19)40-31(39-17(2)18-4-7-20(8-5-18)33(36,37)38)44(30(23)46)21-9-10-22-27(14-21)49-41-28(22)42(3)32(47)48/h4-11,13-14,16-17H,12,15H2,1-3H3,(H,39,40)(H,47,48)/t16-,17+/m1/s1. The van der Waals surface area contributed by atoms with Crippen molar-refractivity contribution in [3.8, 4) is 5.69 Å². The predicted octanol–water partition coefficient (Wildman–Crippen LogP) is 7.57. The van der Waals surface area contributed by atoms with E-state index in [1.54, 1.807) is 30.0 Å². The van der Waals surface area contributed by atoms with Gasteiger partial charge in [0.1, 0.15) is 0 Å². The third kappa shape index (κ3) is 6.41.